The molecule has 6 nitrogen and oxygen atoms in total. The lowest BCUT2D eigenvalue weighted by Crippen LogP contribution is -2.35. The van der Waals surface area contributed by atoms with Crippen molar-refractivity contribution in [1.82, 2.24) is 14.5 Å². The third-order valence-electron chi connectivity index (χ3n) is 3.52. The van der Waals surface area contributed by atoms with Crippen LogP contribution in [0.5, 0.6) is 0 Å². The summed E-state index contributed by atoms with van der Waals surface area (Å²) in [6.45, 7) is 5.95. The van der Waals surface area contributed by atoms with E-state index in [1.807, 2.05) is 23.3 Å². The number of nitrogens with two attached hydrogens (primary N) is 1. The van der Waals surface area contributed by atoms with Crippen molar-refractivity contribution < 1.29 is 9.53 Å². The predicted molar refractivity (Wildman–Crippen MR) is 81.1 cm³/mol. The van der Waals surface area contributed by atoms with E-state index in [1.165, 1.54) is 18.6 Å². The van der Waals surface area contributed by atoms with Crippen LogP contribution in [0.3, 0.4) is 0 Å². The molecular weight excluding hydrogens is 276 g/mol. The predicted octanol–water partition coefficient (Wildman–Crippen LogP) is 0.863. The van der Waals surface area contributed by atoms with Crippen molar-refractivity contribution in [2.75, 3.05) is 44.0 Å². The van der Waals surface area contributed by atoms with Gasteiger partial charge in [-0.05, 0) is 0 Å². The maximum absolute atomic E-state index is 11.6. The number of ether oxygens (including phenoxy) is 1. The average Bonchev–Trinajstić information content (AvgIpc) is 2.81. The number of nitrogens with zero attached hydrogens (tertiary/aromatic N) is 3. The zero-order valence-electron chi connectivity index (χ0n) is 12.1. The van der Waals surface area contributed by atoms with E-state index >= 15 is 0 Å². The standard InChI is InChI=1S/C13H22N4O2S/c1-3-10-15-11(13(18)19-2)12(14)17(10)5-4-16-6-8-20-9-7-16/h3-9,14H2,1-2H3. The molecule has 1 saturated heterocycles. The van der Waals surface area contributed by atoms with E-state index in [9.17, 15) is 4.79 Å². The number of imidazole rings is 1. The Hall–Kier alpha value is -1.21. The third-order valence-corrected chi connectivity index (χ3v) is 4.47. The Balaban J connectivity index is 2.09. The highest BCUT2D eigenvalue weighted by molar-refractivity contribution is 7.99. The van der Waals surface area contributed by atoms with Crippen molar-refractivity contribution in [3.8, 4) is 0 Å². The normalized spacial score (nSPS) is 16.3. The fourth-order valence-corrected chi connectivity index (χ4v) is 3.32. The van der Waals surface area contributed by atoms with E-state index in [4.69, 9.17) is 10.5 Å². The molecule has 0 saturated carbocycles. The van der Waals surface area contributed by atoms with Crippen LogP contribution in [0, 0.1) is 0 Å². The van der Waals surface area contributed by atoms with Crippen LogP contribution in [0.25, 0.3) is 0 Å². The molecule has 0 aliphatic carbocycles. The van der Waals surface area contributed by atoms with Gasteiger partial charge in [-0.1, -0.05) is 6.92 Å². The smallest absolute Gasteiger partial charge is 0.360 e. The van der Waals surface area contributed by atoms with Crippen LogP contribution in [0.4, 0.5) is 5.82 Å². The summed E-state index contributed by atoms with van der Waals surface area (Å²) in [5, 5.41) is 0. The summed E-state index contributed by atoms with van der Waals surface area (Å²) in [5.74, 6) is 3.17. The van der Waals surface area contributed by atoms with Gasteiger partial charge in [-0.2, -0.15) is 11.8 Å². The van der Waals surface area contributed by atoms with Gasteiger partial charge in [-0.3, -0.25) is 4.90 Å². The summed E-state index contributed by atoms with van der Waals surface area (Å²) in [4.78, 5) is 18.4. The van der Waals surface area contributed by atoms with Crippen LogP contribution in [0.15, 0.2) is 0 Å². The van der Waals surface area contributed by atoms with Crippen LogP contribution in [-0.4, -0.2) is 58.7 Å². The first kappa shape index (κ1) is 15.2. The number of rotatable bonds is 5. The largest absolute Gasteiger partial charge is 0.464 e. The summed E-state index contributed by atoms with van der Waals surface area (Å²) in [7, 11) is 1.35. The number of thioether (sulfide) groups is 1. The van der Waals surface area contributed by atoms with Gasteiger partial charge >= 0.3 is 5.97 Å². The molecule has 7 heteroatoms. The molecule has 0 unspecified atom stereocenters. The van der Waals surface area contributed by atoms with E-state index in [1.54, 1.807) is 0 Å². The monoisotopic (exact) mass is 298 g/mol. The molecule has 20 heavy (non-hydrogen) atoms. The second-order valence-electron chi connectivity index (χ2n) is 4.71. The summed E-state index contributed by atoms with van der Waals surface area (Å²) in [5.41, 5.74) is 6.28. The molecule has 2 rings (SSSR count). The van der Waals surface area contributed by atoms with Gasteiger partial charge in [-0.25, -0.2) is 9.78 Å². The van der Waals surface area contributed by atoms with Crippen LogP contribution in [0.2, 0.25) is 0 Å². The molecule has 0 bridgehead atoms. The van der Waals surface area contributed by atoms with Gasteiger partial charge in [0.1, 0.15) is 11.6 Å². The van der Waals surface area contributed by atoms with Gasteiger partial charge in [0.2, 0.25) is 0 Å². The first-order chi connectivity index (χ1) is 9.67. The Bertz CT molecular complexity index is 469. The molecule has 112 valence electrons. The Morgan fingerprint density at radius 2 is 2.10 bits per heavy atom. The first-order valence-electron chi connectivity index (χ1n) is 6.90. The lowest BCUT2D eigenvalue weighted by atomic mass is 10.4. The fraction of sp³-hybridized carbons (Fsp3) is 0.692. The number of esters is 1. The number of methoxy groups -OCH3 is 1. The molecule has 0 radical (unpaired) electrons. The zero-order valence-corrected chi connectivity index (χ0v) is 12.9. The lowest BCUT2D eigenvalue weighted by Gasteiger charge is -2.26. The zero-order chi connectivity index (χ0) is 14.5. The molecular formula is C13H22N4O2S. The number of carbonyl (C=O) groups is 1. The SMILES string of the molecule is CCc1nc(C(=O)OC)c(N)n1CCN1CCSCC1. The minimum Gasteiger partial charge on any atom is -0.464 e. The molecule has 1 fully saturated rings. The molecule has 0 aromatic carbocycles. The second-order valence-corrected chi connectivity index (χ2v) is 5.94. The van der Waals surface area contributed by atoms with E-state index in [0.717, 1.165) is 38.4 Å². The molecule has 0 spiro atoms. The summed E-state index contributed by atoms with van der Waals surface area (Å²) in [6.07, 6.45) is 0.747. The second kappa shape index (κ2) is 6.99. The molecule has 2 heterocycles. The quantitative estimate of drug-likeness (QED) is 0.813. The Labute approximate surface area is 123 Å². The van der Waals surface area contributed by atoms with Crippen molar-refractivity contribution in [3.63, 3.8) is 0 Å². The van der Waals surface area contributed by atoms with Gasteiger partial charge in [0.15, 0.2) is 5.69 Å². The van der Waals surface area contributed by atoms with Gasteiger partial charge in [0.05, 0.1) is 7.11 Å². The number of anilines is 1. The minimum atomic E-state index is -0.467. The molecule has 1 aliphatic heterocycles. The van der Waals surface area contributed by atoms with Gasteiger partial charge in [0, 0.05) is 44.1 Å². The first-order valence-corrected chi connectivity index (χ1v) is 8.06. The Morgan fingerprint density at radius 1 is 1.40 bits per heavy atom. The molecule has 2 N–H and O–H groups in total. The number of nitrogen functional groups attached to an aromatic ring is 1. The summed E-state index contributed by atoms with van der Waals surface area (Å²) in [6, 6.07) is 0. The Kier molecular flexibility index (Phi) is 5.31. The molecule has 0 amide bonds. The highest BCUT2D eigenvalue weighted by atomic mass is 32.2. The van der Waals surface area contributed by atoms with E-state index in [0.29, 0.717) is 5.82 Å². The van der Waals surface area contributed by atoms with Crippen LogP contribution in [-0.2, 0) is 17.7 Å². The molecule has 1 aromatic heterocycles. The molecule has 1 aromatic rings. The van der Waals surface area contributed by atoms with Crippen molar-refractivity contribution in [3.05, 3.63) is 11.5 Å². The number of aromatic nitrogens is 2. The third kappa shape index (κ3) is 3.27. The summed E-state index contributed by atoms with van der Waals surface area (Å²) >= 11 is 2.00. The molecule has 1 aliphatic rings. The minimum absolute atomic E-state index is 0.235. The summed E-state index contributed by atoms with van der Waals surface area (Å²) < 4.78 is 6.65. The highest BCUT2D eigenvalue weighted by Gasteiger charge is 2.20. The van der Waals surface area contributed by atoms with E-state index in [2.05, 4.69) is 9.88 Å². The van der Waals surface area contributed by atoms with Gasteiger partial charge < -0.3 is 15.0 Å². The van der Waals surface area contributed by atoms with Crippen LogP contribution in [0.1, 0.15) is 23.2 Å². The number of hydrogen-bond acceptors (Lipinski definition) is 6. The number of hydrogen-bond donors (Lipinski definition) is 1. The number of aryl methyl sites for hydroxylation is 1. The maximum Gasteiger partial charge on any atom is 0.360 e. The van der Waals surface area contributed by atoms with Crippen molar-refractivity contribution >= 4 is 23.5 Å². The van der Waals surface area contributed by atoms with Crippen molar-refractivity contribution in [2.24, 2.45) is 0 Å². The van der Waals surface area contributed by atoms with E-state index in [-0.39, 0.29) is 5.69 Å². The highest BCUT2D eigenvalue weighted by Crippen LogP contribution is 2.17. The van der Waals surface area contributed by atoms with E-state index < -0.39 is 5.97 Å². The molecule has 0 atom stereocenters. The number of carbonyl (C=O) groups excluding carboxylic acids is 1. The average molecular weight is 298 g/mol. The Morgan fingerprint density at radius 3 is 2.70 bits per heavy atom. The van der Waals surface area contributed by atoms with Crippen LogP contribution >= 0.6 is 11.8 Å². The van der Waals surface area contributed by atoms with Crippen LogP contribution < -0.4 is 5.73 Å². The topological polar surface area (TPSA) is 73.4 Å². The lowest BCUT2D eigenvalue weighted by molar-refractivity contribution is 0.0595. The van der Waals surface area contributed by atoms with Crippen molar-refractivity contribution in [1.29, 1.82) is 0 Å². The maximum atomic E-state index is 11.6. The van der Waals surface area contributed by atoms with Gasteiger partial charge in [-0.15, -0.1) is 0 Å². The van der Waals surface area contributed by atoms with Crippen molar-refractivity contribution in [2.45, 2.75) is 19.9 Å². The van der Waals surface area contributed by atoms with Gasteiger partial charge in [0.25, 0.3) is 0 Å². The fourth-order valence-electron chi connectivity index (χ4n) is 2.35.